The van der Waals surface area contributed by atoms with Crippen LogP contribution >= 0.6 is 0 Å². The summed E-state index contributed by atoms with van der Waals surface area (Å²) in [5.74, 6) is 0. The Kier molecular flexibility index (Phi) is 9.39. The average molecular weight is 322 g/mol. The molecule has 0 bridgehead atoms. The predicted molar refractivity (Wildman–Crippen MR) is 95.2 cm³/mol. The Morgan fingerprint density at radius 2 is 1.65 bits per heavy atom. The third kappa shape index (κ3) is 8.01. The zero-order valence-electron chi connectivity index (χ0n) is 15.2. The Hall–Kier alpha value is -0.830. The van der Waals surface area contributed by atoms with E-state index in [-0.39, 0.29) is 0 Å². The Labute approximate surface area is 143 Å². The molecule has 1 aromatic rings. The number of aromatic nitrogens is 2. The molecule has 23 heavy (non-hydrogen) atoms. The Bertz CT molecular complexity index is 396. The van der Waals surface area contributed by atoms with Crippen LogP contribution in [0.5, 0.6) is 0 Å². The molecule has 3 heteroatoms. The van der Waals surface area contributed by atoms with Crippen LogP contribution in [0.15, 0.2) is 18.7 Å². The molecular weight excluding hydrogens is 284 g/mol. The van der Waals surface area contributed by atoms with Crippen LogP contribution in [0.4, 0.5) is 0 Å². The normalized spacial score (nSPS) is 16.0. The van der Waals surface area contributed by atoms with Gasteiger partial charge >= 0.3 is 0 Å². The highest BCUT2D eigenvalue weighted by molar-refractivity contribution is 4.67. The highest BCUT2D eigenvalue weighted by Crippen LogP contribution is 2.20. The van der Waals surface area contributed by atoms with Crippen LogP contribution < -0.4 is 4.57 Å². The van der Waals surface area contributed by atoms with Gasteiger partial charge < -0.3 is 4.74 Å². The van der Waals surface area contributed by atoms with Crippen molar-refractivity contribution in [3.63, 3.8) is 0 Å². The quantitative estimate of drug-likeness (QED) is 0.381. The van der Waals surface area contributed by atoms with Gasteiger partial charge in [0.2, 0.25) is 6.33 Å². The first-order valence-electron chi connectivity index (χ1n) is 10.0. The lowest BCUT2D eigenvalue weighted by Gasteiger charge is -2.20. The standard InChI is InChI=1S/C20H37N2O/c1-2-3-4-5-6-7-8-12-15-21-16-17-22(18-21)19-23-20-13-10-9-11-14-20/h16-18,20H,2-15,19H2,1H3/q+1. The molecular formula is C20H37N2O+. The average Bonchev–Trinajstić information content (AvgIpc) is 3.04. The van der Waals surface area contributed by atoms with E-state index in [1.807, 2.05) is 0 Å². The highest BCUT2D eigenvalue weighted by atomic mass is 16.5. The lowest BCUT2D eigenvalue weighted by molar-refractivity contribution is -0.734. The van der Waals surface area contributed by atoms with Crippen molar-refractivity contribution in [3.8, 4) is 0 Å². The molecule has 0 atom stereocenters. The second-order valence-corrected chi connectivity index (χ2v) is 7.20. The first-order chi connectivity index (χ1) is 11.4. The summed E-state index contributed by atoms with van der Waals surface area (Å²) in [5.41, 5.74) is 0. The fourth-order valence-electron chi connectivity index (χ4n) is 3.50. The third-order valence-electron chi connectivity index (χ3n) is 5.03. The summed E-state index contributed by atoms with van der Waals surface area (Å²) >= 11 is 0. The second kappa shape index (κ2) is 11.7. The molecule has 0 N–H and O–H groups in total. The predicted octanol–water partition coefficient (Wildman–Crippen LogP) is 5.22. The first-order valence-corrected chi connectivity index (χ1v) is 10.0. The molecule has 0 aliphatic heterocycles. The molecule has 0 saturated heterocycles. The van der Waals surface area contributed by atoms with Gasteiger partial charge in [-0.15, -0.1) is 0 Å². The zero-order valence-corrected chi connectivity index (χ0v) is 15.2. The molecule has 3 nitrogen and oxygen atoms in total. The maximum absolute atomic E-state index is 6.02. The number of imidazole rings is 1. The van der Waals surface area contributed by atoms with E-state index in [4.69, 9.17) is 4.74 Å². The largest absolute Gasteiger partial charge is 0.338 e. The zero-order chi connectivity index (χ0) is 16.2. The molecule has 1 aliphatic carbocycles. The maximum atomic E-state index is 6.02. The minimum Gasteiger partial charge on any atom is -0.338 e. The van der Waals surface area contributed by atoms with Crippen molar-refractivity contribution in [1.82, 2.24) is 4.57 Å². The number of unbranched alkanes of at least 4 members (excludes halogenated alkanes) is 7. The summed E-state index contributed by atoms with van der Waals surface area (Å²) in [5, 5.41) is 0. The highest BCUT2D eigenvalue weighted by Gasteiger charge is 2.14. The van der Waals surface area contributed by atoms with Crippen molar-refractivity contribution < 1.29 is 9.30 Å². The minimum atomic E-state index is 0.493. The van der Waals surface area contributed by atoms with Crippen molar-refractivity contribution in [1.29, 1.82) is 0 Å². The number of hydrogen-bond donors (Lipinski definition) is 0. The molecule has 0 unspecified atom stereocenters. The lowest BCUT2D eigenvalue weighted by Crippen LogP contribution is -2.35. The van der Waals surface area contributed by atoms with E-state index in [1.165, 1.54) is 83.5 Å². The fraction of sp³-hybridized carbons (Fsp3) is 0.850. The summed E-state index contributed by atoms with van der Waals surface area (Å²) in [7, 11) is 0. The summed E-state index contributed by atoms with van der Waals surface area (Å²) < 4.78 is 10.5. The van der Waals surface area contributed by atoms with Gasteiger partial charge in [-0.2, -0.15) is 0 Å². The van der Waals surface area contributed by atoms with Crippen LogP contribution in [0.3, 0.4) is 0 Å². The van der Waals surface area contributed by atoms with Gasteiger partial charge in [0, 0.05) is 0 Å². The van der Waals surface area contributed by atoms with E-state index in [1.54, 1.807) is 0 Å². The molecule has 0 amide bonds. The number of nitrogens with zero attached hydrogens (tertiary/aromatic N) is 2. The number of rotatable bonds is 12. The second-order valence-electron chi connectivity index (χ2n) is 7.20. The SMILES string of the molecule is CCCCCCCCCCn1cc[n+](COC2CCCCC2)c1. The van der Waals surface area contributed by atoms with Gasteiger partial charge in [0.25, 0.3) is 0 Å². The molecule has 132 valence electrons. The Morgan fingerprint density at radius 3 is 2.39 bits per heavy atom. The molecule has 0 radical (unpaired) electrons. The molecule has 1 aromatic heterocycles. The lowest BCUT2D eigenvalue weighted by atomic mass is 9.98. The van der Waals surface area contributed by atoms with Gasteiger partial charge in [-0.25, -0.2) is 9.13 Å². The summed E-state index contributed by atoms with van der Waals surface area (Å²) in [6.07, 6.45) is 24.7. The third-order valence-corrected chi connectivity index (χ3v) is 5.03. The Balaban J connectivity index is 1.50. The molecule has 1 aliphatic rings. The van der Waals surface area contributed by atoms with Crippen molar-refractivity contribution in [2.24, 2.45) is 0 Å². The molecule has 1 saturated carbocycles. The smallest absolute Gasteiger partial charge is 0.245 e. The van der Waals surface area contributed by atoms with Gasteiger partial charge in [0.15, 0.2) is 6.73 Å². The number of hydrogen-bond acceptors (Lipinski definition) is 1. The monoisotopic (exact) mass is 321 g/mol. The van der Waals surface area contributed by atoms with E-state index in [2.05, 4.69) is 34.8 Å². The van der Waals surface area contributed by atoms with Crippen LogP contribution in [0.1, 0.15) is 90.4 Å². The van der Waals surface area contributed by atoms with Crippen LogP contribution in [-0.2, 0) is 18.0 Å². The molecule has 0 aromatic carbocycles. The van der Waals surface area contributed by atoms with E-state index < -0.39 is 0 Å². The van der Waals surface area contributed by atoms with E-state index in [0.29, 0.717) is 6.10 Å². The number of ether oxygens (including phenoxy) is 1. The summed E-state index contributed by atoms with van der Waals surface area (Å²) in [6.45, 7) is 4.14. The van der Waals surface area contributed by atoms with E-state index >= 15 is 0 Å². The fourth-order valence-corrected chi connectivity index (χ4v) is 3.50. The topological polar surface area (TPSA) is 18.0 Å². The van der Waals surface area contributed by atoms with Crippen LogP contribution in [-0.4, -0.2) is 10.7 Å². The van der Waals surface area contributed by atoms with Crippen LogP contribution in [0.25, 0.3) is 0 Å². The molecule has 0 spiro atoms. The molecule has 2 rings (SSSR count). The van der Waals surface area contributed by atoms with Crippen molar-refractivity contribution in [3.05, 3.63) is 18.7 Å². The van der Waals surface area contributed by atoms with Gasteiger partial charge in [-0.1, -0.05) is 64.7 Å². The van der Waals surface area contributed by atoms with Gasteiger partial charge in [0.05, 0.1) is 12.6 Å². The van der Waals surface area contributed by atoms with Crippen LogP contribution in [0.2, 0.25) is 0 Å². The summed E-state index contributed by atoms with van der Waals surface area (Å²) in [6, 6.07) is 0. The molecule has 1 fully saturated rings. The Morgan fingerprint density at radius 1 is 0.957 bits per heavy atom. The van der Waals surface area contributed by atoms with Crippen molar-refractivity contribution in [2.75, 3.05) is 0 Å². The van der Waals surface area contributed by atoms with E-state index in [0.717, 1.165) is 13.3 Å². The molecule has 1 heterocycles. The van der Waals surface area contributed by atoms with Crippen molar-refractivity contribution in [2.45, 2.75) is 110 Å². The minimum absolute atomic E-state index is 0.493. The van der Waals surface area contributed by atoms with E-state index in [9.17, 15) is 0 Å². The van der Waals surface area contributed by atoms with Gasteiger partial charge in [-0.05, 0) is 25.7 Å². The van der Waals surface area contributed by atoms with Crippen molar-refractivity contribution >= 4 is 0 Å². The van der Waals surface area contributed by atoms with Gasteiger partial charge in [0.1, 0.15) is 12.4 Å². The van der Waals surface area contributed by atoms with Crippen LogP contribution in [0, 0.1) is 0 Å². The number of aryl methyl sites for hydroxylation is 1. The maximum Gasteiger partial charge on any atom is 0.245 e. The van der Waals surface area contributed by atoms with Gasteiger partial charge in [-0.3, -0.25) is 0 Å². The first kappa shape index (κ1) is 18.5. The summed E-state index contributed by atoms with van der Waals surface area (Å²) in [4.78, 5) is 0.